The van der Waals surface area contributed by atoms with Crippen LogP contribution in [0.15, 0.2) is 0 Å². The smallest absolute Gasteiger partial charge is 0.337 e. The van der Waals surface area contributed by atoms with Gasteiger partial charge in [-0.05, 0) is 13.5 Å². The van der Waals surface area contributed by atoms with Crippen LogP contribution in [0.25, 0.3) is 0 Å². The summed E-state index contributed by atoms with van der Waals surface area (Å²) in [5.74, 6) is -1.70. The summed E-state index contributed by atoms with van der Waals surface area (Å²) in [6, 6.07) is 0. The highest BCUT2D eigenvalue weighted by atomic mass is 16.4. The molecule has 0 aromatic heterocycles. The van der Waals surface area contributed by atoms with Gasteiger partial charge in [-0.1, -0.05) is 6.92 Å². The zero-order valence-corrected chi connectivity index (χ0v) is 8.33. The average Bonchev–Trinajstić information content (AvgIpc) is 2.11. The van der Waals surface area contributed by atoms with Crippen molar-refractivity contribution < 1.29 is 19.8 Å². The molecule has 0 saturated carbocycles. The highest BCUT2D eigenvalue weighted by molar-refractivity contribution is 5.81. The fraction of sp³-hybridized carbons (Fsp3) is 0.750. The highest BCUT2D eigenvalue weighted by Crippen LogP contribution is 2.00. The monoisotopic (exact) mass is 204 g/mol. The van der Waals surface area contributed by atoms with Gasteiger partial charge in [-0.15, -0.1) is 0 Å². The number of carbonyl (C=O) groups is 2. The van der Waals surface area contributed by atoms with Crippen LogP contribution in [0.2, 0.25) is 0 Å². The molecule has 82 valence electrons. The van der Waals surface area contributed by atoms with Gasteiger partial charge in [0.2, 0.25) is 5.91 Å². The van der Waals surface area contributed by atoms with Gasteiger partial charge in [0.1, 0.15) is 0 Å². The Morgan fingerprint density at radius 2 is 2.00 bits per heavy atom. The van der Waals surface area contributed by atoms with Gasteiger partial charge in [0.05, 0.1) is 13.1 Å². The van der Waals surface area contributed by atoms with Gasteiger partial charge in [-0.25, -0.2) is 4.79 Å². The number of rotatable bonds is 6. The van der Waals surface area contributed by atoms with E-state index in [0.29, 0.717) is 6.54 Å². The molecule has 1 unspecified atom stereocenters. The van der Waals surface area contributed by atoms with Crippen molar-refractivity contribution in [3.63, 3.8) is 0 Å². The maximum absolute atomic E-state index is 11.0. The van der Waals surface area contributed by atoms with Gasteiger partial charge >= 0.3 is 5.97 Å². The summed E-state index contributed by atoms with van der Waals surface area (Å²) in [6.45, 7) is 3.45. The molecule has 0 aliphatic rings. The number of nitrogens with one attached hydrogen (secondary N) is 2. The number of likely N-dealkylation sites (N-methyl/N-ethyl adjacent to an activating group) is 1. The third-order valence-electron chi connectivity index (χ3n) is 1.63. The predicted molar refractivity (Wildman–Crippen MR) is 49.8 cm³/mol. The first-order valence-corrected chi connectivity index (χ1v) is 4.33. The molecule has 14 heavy (non-hydrogen) atoms. The number of carbonyl (C=O) groups excluding carboxylic acids is 1. The number of amides is 1. The molecule has 0 heterocycles. The lowest BCUT2D eigenvalue weighted by molar-refractivity contribution is -0.156. The number of aliphatic carboxylic acids is 1. The van der Waals surface area contributed by atoms with Gasteiger partial charge in [-0.3, -0.25) is 4.79 Å². The summed E-state index contributed by atoms with van der Waals surface area (Å²) in [6.07, 6.45) is 0. The van der Waals surface area contributed by atoms with E-state index >= 15 is 0 Å². The molecule has 0 rings (SSSR count). The van der Waals surface area contributed by atoms with Crippen molar-refractivity contribution in [3.05, 3.63) is 0 Å². The Balaban J connectivity index is 3.82. The molecule has 0 spiro atoms. The molecule has 1 atom stereocenters. The number of carboxylic acids is 1. The number of carboxylic acid groups (broad SMARTS) is 1. The molecule has 0 fully saturated rings. The van der Waals surface area contributed by atoms with Crippen LogP contribution in [-0.2, 0) is 9.59 Å². The van der Waals surface area contributed by atoms with Crippen molar-refractivity contribution in [2.75, 3.05) is 19.6 Å². The van der Waals surface area contributed by atoms with Crippen LogP contribution in [0.3, 0.4) is 0 Å². The Hall–Kier alpha value is -1.14. The quantitative estimate of drug-likeness (QED) is 0.424. The standard InChI is InChI=1S/C8H16N2O4/c1-3-9-4-6(11)10-5-8(2,14)7(12)13/h9,14H,3-5H2,1-2H3,(H,10,11)(H,12,13). The molecular formula is C8H16N2O4. The van der Waals surface area contributed by atoms with Crippen LogP contribution in [0.4, 0.5) is 0 Å². The highest BCUT2D eigenvalue weighted by Gasteiger charge is 2.29. The molecule has 6 heteroatoms. The van der Waals surface area contributed by atoms with Crippen molar-refractivity contribution >= 4 is 11.9 Å². The first-order chi connectivity index (χ1) is 6.40. The lowest BCUT2D eigenvalue weighted by atomic mass is 10.1. The van der Waals surface area contributed by atoms with Crippen LogP contribution in [-0.4, -0.2) is 47.3 Å². The minimum atomic E-state index is -1.91. The van der Waals surface area contributed by atoms with E-state index in [9.17, 15) is 14.7 Å². The van der Waals surface area contributed by atoms with Crippen molar-refractivity contribution in [1.29, 1.82) is 0 Å². The fourth-order valence-corrected chi connectivity index (χ4v) is 0.647. The van der Waals surface area contributed by atoms with Gasteiger partial charge in [-0.2, -0.15) is 0 Å². The summed E-state index contributed by atoms with van der Waals surface area (Å²) in [5.41, 5.74) is -1.91. The molecule has 0 saturated heterocycles. The molecule has 0 radical (unpaired) electrons. The Morgan fingerprint density at radius 1 is 1.43 bits per heavy atom. The maximum Gasteiger partial charge on any atom is 0.337 e. The van der Waals surface area contributed by atoms with E-state index in [4.69, 9.17) is 5.11 Å². The third kappa shape index (κ3) is 4.78. The van der Waals surface area contributed by atoms with Crippen molar-refractivity contribution in [2.24, 2.45) is 0 Å². The van der Waals surface area contributed by atoms with Crippen molar-refractivity contribution in [2.45, 2.75) is 19.4 Å². The molecule has 1 amide bonds. The Kier molecular flexibility index (Phi) is 5.11. The summed E-state index contributed by atoms with van der Waals surface area (Å²) in [5, 5.41) is 22.8. The molecule has 4 N–H and O–H groups in total. The van der Waals surface area contributed by atoms with E-state index < -0.39 is 11.6 Å². The number of hydrogen-bond acceptors (Lipinski definition) is 4. The van der Waals surface area contributed by atoms with Crippen LogP contribution in [0.1, 0.15) is 13.8 Å². The molecular weight excluding hydrogens is 188 g/mol. The Bertz CT molecular complexity index is 215. The first kappa shape index (κ1) is 12.9. The van der Waals surface area contributed by atoms with Crippen molar-refractivity contribution in [3.8, 4) is 0 Å². The summed E-state index contributed by atoms with van der Waals surface area (Å²) in [4.78, 5) is 21.4. The van der Waals surface area contributed by atoms with Crippen LogP contribution < -0.4 is 10.6 Å². The second-order valence-corrected chi connectivity index (χ2v) is 3.14. The molecule has 0 aromatic rings. The summed E-state index contributed by atoms with van der Waals surface area (Å²) >= 11 is 0. The van der Waals surface area contributed by atoms with Crippen LogP contribution >= 0.6 is 0 Å². The largest absolute Gasteiger partial charge is 0.479 e. The lowest BCUT2D eigenvalue weighted by Gasteiger charge is -2.18. The zero-order valence-electron chi connectivity index (χ0n) is 8.33. The maximum atomic E-state index is 11.0. The van der Waals surface area contributed by atoms with E-state index in [1.807, 2.05) is 6.92 Å². The number of hydrogen-bond donors (Lipinski definition) is 4. The fourth-order valence-electron chi connectivity index (χ4n) is 0.647. The van der Waals surface area contributed by atoms with E-state index in [2.05, 4.69) is 10.6 Å². The molecule has 0 aliphatic carbocycles. The molecule has 0 bridgehead atoms. The van der Waals surface area contributed by atoms with Gasteiger partial charge < -0.3 is 20.8 Å². The Morgan fingerprint density at radius 3 is 2.43 bits per heavy atom. The van der Waals surface area contributed by atoms with E-state index in [1.165, 1.54) is 0 Å². The second-order valence-electron chi connectivity index (χ2n) is 3.14. The topological polar surface area (TPSA) is 98.7 Å². The predicted octanol–water partition coefficient (Wildman–Crippen LogP) is -1.45. The van der Waals surface area contributed by atoms with Gasteiger partial charge in [0.15, 0.2) is 5.60 Å². The minimum absolute atomic E-state index is 0.117. The lowest BCUT2D eigenvalue weighted by Crippen LogP contribution is -2.48. The van der Waals surface area contributed by atoms with E-state index in [1.54, 1.807) is 0 Å². The Labute approximate surface area is 82.3 Å². The first-order valence-electron chi connectivity index (χ1n) is 4.33. The second kappa shape index (κ2) is 5.56. The zero-order chi connectivity index (χ0) is 11.2. The number of aliphatic hydroxyl groups is 1. The summed E-state index contributed by atoms with van der Waals surface area (Å²) in [7, 11) is 0. The van der Waals surface area contributed by atoms with Crippen LogP contribution in [0.5, 0.6) is 0 Å². The van der Waals surface area contributed by atoms with Gasteiger partial charge in [0.25, 0.3) is 0 Å². The minimum Gasteiger partial charge on any atom is -0.479 e. The van der Waals surface area contributed by atoms with E-state index in [-0.39, 0.29) is 19.0 Å². The van der Waals surface area contributed by atoms with Crippen LogP contribution in [0, 0.1) is 0 Å². The SMILES string of the molecule is CCNCC(=O)NCC(C)(O)C(=O)O. The summed E-state index contributed by atoms with van der Waals surface area (Å²) < 4.78 is 0. The molecule has 0 aromatic carbocycles. The van der Waals surface area contributed by atoms with Crippen molar-refractivity contribution in [1.82, 2.24) is 10.6 Å². The third-order valence-corrected chi connectivity index (χ3v) is 1.63. The normalized spacial score (nSPS) is 14.5. The molecule has 6 nitrogen and oxygen atoms in total. The van der Waals surface area contributed by atoms with Gasteiger partial charge in [0, 0.05) is 0 Å². The van der Waals surface area contributed by atoms with E-state index in [0.717, 1.165) is 6.92 Å². The average molecular weight is 204 g/mol. The molecule has 0 aliphatic heterocycles.